The van der Waals surface area contributed by atoms with Crippen LogP contribution in [0.2, 0.25) is 0 Å². The summed E-state index contributed by atoms with van der Waals surface area (Å²) < 4.78 is 174. The van der Waals surface area contributed by atoms with Crippen LogP contribution < -0.4 is 0 Å². The molecular formula is C62H32F12N6. The van der Waals surface area contributed by atoms with E-state index >= 15 is 0 Å². The van der Waals surface area contributed by atoms with Gasteiger partial charge in [0.1, 0.15) is 0 Å². The Morgan fingerprint density at radius 2 is 0.662 bits per heavy atom. The summed E-state index contributed by atoms with van der Waals surface area (Å²) >= 11 is 0. The minimum absolute atomic E-state index is 0.0345. The Labute approximate surface area is 444 Å². The number of para-hydroxylation sites is 2. The van der Waals surface area contributed by atoms with Crippen molar-refractivity contribution in [2.75, 3.05) is 0 Å². The van der Waals surface area contributed by atoms with Crippen molar-refractivity contribution in [1.82, 2.24) is 24.1 Å². The number of alkyl halides is 12. The topological polar surface area (TPSA) is 52.9 Å². The molecule has 0 aliphatic heterocycles. The van der Waals surface area contributed by atoms with Gasteiger partial charge in [0.2, 0.25) is 0 Å². The van der Waals surface area contributed by atoms with Gasteiger partial charge >= 0.3 is 24.7 Å². The van der Waals surface area contributed by atoms with E-state index in [9.17, 15) is 52.7 Å². The van der Waals surface area contributed by atoms with Crippen LogP contribution in [0.25, 0.3) is 116 Å². The molecule has 12 rings (SSSR count). The summed E-state index contributed by atoms with van der Waals surface area (Å²) in [5.74, 6) is 0.616. The minimum Gasteiger partial charge on any atom is -0.308 e. The number of benzene rings is 9. The standard InChI is InChI=1S/C62H32F12N6/c1-75-49-33-55(80-51-19-11-9-17-45(51)47-29-37(21-23-53(47)80)39-26-42(61(69,70)71)31-43(27-39)62(72,73)74)54(32-48(49)58-77-56(34-12-4-2-5-13-34)76-57(78-58)35-14-6-3-7-15-35)79-50-18-10-8-16-44(50)46-28-36(20-22-52(46)79)38-24-40(59(63,64)65)30-41(25-38)60(66,67)68/h2-33H. The van der Waals surface area contributed by atoms with Crippen LogP contribution in [0.5, 0.6) is 0 Å². The average molecular weight is 1090 g/mol. The molecule has 12 aromatic rings. The van der Waals surface area contributed by atoms with Gasteiger partial charge in [0.25, 0.3) is 0 Å². The Hall–Kier alpha value is -9.76. The van der Waals surface area contributed by atoms with Crippen molar-refractivity contribution < 1.29 is 52.7 Å². The predicted molar refractivity (Wildman–Crippen MR) is 282 cm³/mol. The SMILES string of the molecule is [C-]#[N+]c1cc(-n2c3ccccc3c3cc(-c4cc(C(F)(F)F)cc(C(F)(F)F)c4)ccc32)c(-n2c3ccccc3c3cc(-c4cc(C(F)(F)F)cc(C(F)(F)F)c4)ccc32)cc1-c1nc(-c2ccccc2)nc(-c2ccccc2)n1. The first-order valence-electron chi connectivity index (χ1n) is 24.2. The lowest BCUT2D eigenvalue weighted by Crippen LogP contribution is -2.11. The van der Waals surface area contributed by atoms with Gasteiger partial charge in [-0.05, 0) is 107 Å². The molecule has 0 fully saturated rings. The quantitative estimate of drug-likeness (QED) is 0.118. The lowest BCUT2D eigenvalue weighted by molar-refractivity contribution is -0.144. The van der Waals surface area contributed by atoms with Crippen LogP contribution in [0.4, 0.5) is 58.4 Å². The Morgan fingerprint density at radius 3 is 1.05 bits per heavy atom. The van der Waals surface area contributed by atoms with Crippen molar-refractivity contribution in [3.8, 4) is 67.8 Å². The van der Waals surface area contributed by atoms with E-state index in [-0.39, 0.29) is 63.1 Å². The normalized spacial score (nSPS) is 12.5. The smallest absolute Gasteiger partial charge is 0.308 e. The fourth-order valence-electron chi connectivity index (χ4n) is 10.2. The lowest BCUT2D eigenvalue weighted by atomic mass is 9.97. The highest BCUT2D eigenvalue weighted by molar-refractivity contribution is 6.13. The molecule has 80 heavy (non-hydrogen) atoms. The first-order chi connectivity index (χ1) is 38.1. The molecule has 394 valence electrons. The van der Waals surface area contributed by atoms with Gasteiger partial charge in [0, 0.05) is 38.2 Å². The molecule has 0 N–H and O–H groups in total. The fourth-order valence-corrected chi connectivity index (χ4v) is 10.2. The van der Waals surface area contributed by atoms with Crippen LogP contribution in [0.3, 0.4) is 0 Å². The van der Waals surface area contributed by atoms with Gasteiger partial charge in [-0.1, -0.05) is 109 Å². The summed E-state index contributed by atoms with van der Waals surface area (Å²) in [7, 11) is 0. The van der Waals surface area contributed by atoms with Crippen molar-refractivity contribution in [2.24, 2.45) is 0 Å². The Kier molecular flexibility index (Phi) is 11.9. The number of nitrogens with zero attached hydrogens (tertiary/aromatic N) is 6. The number of aromatic nitrogens is 5. The van der Waals surface area contributed by atoms with Crippen LogP contribution in [0.1, 0.15) is 22.3 Å². The second kappa shape index (κ2) is 18.7. The van der Waals surface area contributed by atoms with Crippen LogP contribution in [0, 0.1) is 6.57 Å². The zero-order valence-corrected chi connectivity index (χ0v) is 40.7. The third-order valence-corrected chi connectivity index (χ3v) is 13.8. The highest BCUT2D eigenvalue weighted by Crippen LogP contribution is 2.47. The molecule has 9 aromatic carbocycles. The Bertz CT molecular complexity index is 4370. The van der Waals surface area contributed by atoms with Crippen molar-refractivity contribution >= 4 is 49.3 Å². The zero-order chi connectivity index (χ0) is 56.0. The molecule has 0 saturated heterocycles. The summed E-state index contributed by atoms with van der Waals surface area (Å²) in [6.07, 6.45) is -20.5. The Morgan fingerprint density at radius 1 is 0.312 bits per heavy atom. The number of hydrogen-bond donors (Lipinski definition) is 0. The first kappa shape index (κ1) is 51.0. The zero-order valence-electron chi connectivity index (χ0n) is 40.7. The molecule has 6 nitrogen and oxygen atoms in total. The summed E-state index contributed by atoms with van der Waals surface area (Å²) in [5.41, 5.74) is -2.62. The molecule has 0 amide bonds. The van der Waals surface area contributed by atoms with Gasteiger partial charge in [-0.3, -0.25) is 0 Å². The largest absolute Gasteiger partial charge is 0.416 e. The van der Waals surface area contributed by atoms with Crippen LogP contribution in [0.15, 0.2) is 194 Å². The maximum absolute atomic E-state index is 14.2. The van der Waals surface area contributed by atoms with Gasteiger partial charge < -0.3 is 9.13 Å². The lowest BCUT2D eigenvalue weighted by Gasteiger charge is -2.20. The van der Waals surface area contributed by atoms with E-state index in [2.05, 4.69) is 4.85 Å². The highest BCUT2D eigenvalue weighted by atomic mass is 19.4. The van der Waals surface area contributed by atoms with Crippen molar-refractivity contribution in [2.45, 2.75) is 24.7 Å². The Balaban J connectivity index is 1.16. The summed E-state index contributed by atoms with van der Waals surface area (Å²) in [4.78, 5) is 18.7. The van der Waals surface area contributed by atoms with Crippen molar-refractivity contribution in [3.63, 3.8) is 0 Å². The molecule has 3 heterocycles. The summed E-state index contributed by atoms with van der Waals surface area (Å²) in [6, 6.07) is 46.9. The minimum atomic E-state index is -5.12. The highest BCUT2D eigenvalue weighted by Gasteiger charge is 2.39. The van der Waals surface area contributed by atoms with Crippen LogP contribution in [-0.2, 0) is 24.7 Å². The van der Waals surface area contributed by atoms with E-state index in [1.165, 1.54) is 24.3 Å². The van der Waals surface area contributed by atoms with E-state index < -0.39 is 47.0 Å². The monoisotopic (exact) mass is 1090 g/mol. The summed E-state index contributed by atoms with van der Waals surface area (Å²) in [6.45, 7) is 8.72. The summed E-state index contributed by atoms with van der Waals surface area (Å²) in [5, 5.41) is 1.87. The molecular weight excluding hydrogens is 1060 g/mol. The van der Waals surface area contributed by atoms with E-state index in [0.29, 0.717) is 90.4 Å². The first-order valence-corrected chi connectivity index (χ1v) is 24.2. The molecule has 0 radical (unpaired) electrons. The number of hydrogen-bond acceptors (Lipinski definition) is 3. The van der Waals surface area contributed by atoms with Gasteiger partial charge in [-0.2, -0.15) is 52.7 Å². The number of rotatable bonds is 7. The second-order valence-electron chi connectivity index (χ2n) is 18.8. The van der Waals surface area contributed by atoms with E-state index in [1.807, 2.05) is 65.2 Å². The van der Waals surface area contributed by atoms with Crippen LogP contribution >= 0.6 is 0 Å². The molecule has 0 unspecified atom stereocenters. The van der Waals surface area contributed by atoms with Gasteiger partial charge in [0.15, 0.2) is 23.2 Å². The maximum atomic E-state index is 14.2. The second-order valence-corrected chi connectivity index (χ2v) is 18.8. The molecule has 18 heteroatoms. The molecule has 0 aliphatic carbocycles. The fraction of sp³-hybridized carbons (Fsp3) is 0.0645. The molecule has 0 bridgehead atoms. The number of halogens is 12. The van der Waals surface area contributed by atoms with Crippen molar-refractivity contribution in [3.05, 3.63) is 228 Å². The van der Waals surface area contributed by atoms with Gasteiger partial charge in [-0.15, -0.1) is 0 Å². The van der Waals surface area contributed by atoms with E-state index in [4.69, 9.17) is 21.5 Å². The van der Waals surface area contributed by atoms with Crippen LogP contribution in [-0.4, -0.2) is 24.1 Å². The van der Waals surface area contributed by atoms with Gasteiger partial charge in [-0.25, -0.2) is 19.8 Å². The van der Waals surface area contributed by atoms with Gasteiger partial charge in [0.05, 0.1) is 62.3 Å². The van der Waals surface area contributed by atoms with E-state index in [1.54, 1.807) is 77.4 Å². The molecule has 3 aromatic heterocycles. The molecule has 0 saturated carbocycles. The number of fused-ring (bicyclic) bond motifs is 6. The third kappa shape index (κ3) is 9.09. The molecule has 0 spiro atoms. The molecule has 0 aliphatic rings. The maximum Gasteiger partial charge on any atom is 0.416 e. The third-order valence-electron chi connectivity index (χ3n) is 13.8. The van der Waals surface area contributed by atoms with Crippen molar-refractivity contribution in [1.29, 1.82) is 0 Å². The predicted octanol–water partition coefficient (Wildman–Crippen LogP) is 19.0. The molecule has 0 atom stereocenters. The van der Waals surface area contributed by atoms with E-state index in [0.717, 1.165) is 0 Å². The average Bonchev–Trinajstić information content (AvgIpc) is 4.20.